The van der Waals surface area contributed by atoms with Crippen LogP contribution in [0.25, 0.3) is 0 Å². The molecule has 1 heterocycles. The summed E-state index contributed by atoms with van der Waals surface area (Å²) >= 11 is 0. The van der Waals surface area contributed by atoms with E-state index in [1.807, 2.05) is 13.8 Å². The van der Waals surface area contributed by atoms with Gasteiger partial charge in [0.05, 0.1) is 5.56 Å². The first kappa shape index (κ1) is 15.8. The van der Waals surface area contributed by atoms with Gasteiger partial charge >= 0.3 is 6.18 Å². The van der Waals surface area contributed by atoms with Gasteiger partial charge in [0.2, 0.25) is 0 Å². The Kier molecular flexibility index (Phi) is 4.25. The van der Waals surface area contributed by atoms with Crippen molar-refractivity contribution in [2.24, 2.45) is 0 Å². The maximum absolute atomic E-state index is 13.3. The molecular formula is C15H17F4NO. The molecule has 1 saturated heterocycles. The molecule has 0 N–H and O–H groups in total. The first-order valence-corrected chi connectivity index (χ1v) is 6.91. The summed E-state index contributed by atoms with van der Waals surface area (Å²) < 4.78 is 51.4. The zero-order valence-electron chi connectivity index (χ0n) is 11.9. The first-order valence-electron chi connectivity index (χ1n) is 6.91. The fraction of sp³-hybridized carbons (Fsp3) is 0.533. The van der Waals surface area contributed by atoms with E-state index in [-0.39, 0.29) is 17.6 Å². The number of halogens is 4. The van der Waals surface area contributed by atoms with E-state index >= 15 is 0 Å². The number of alkyl halides is 3. The van der Waals surface area contributed by atoms with Crippen LogP contribution in [-0.2, 0) is 6.18 Å². The molecule has 1 aromatic rings. The molecule has 21 heavy (non-hydrogen) atoms. The molecule has 1 fully saturated rings. The first-order chi connectivity index (χ1) is 9.71. The Hall–Kier alpha value is -1.59. The minimum atomic E-state index is -4.81. The van der Waals surface area contributed by atoms with Gasteiger partial charge in [-0.05, 0) is 51.3 Å². The van der Waals surface area contributed by atoms with Crippen LogP contribution in [0.4, 0.5) is 17.6 Å². The molecule has 6 heteroatoms. The van der Waals surface area contributed by atoms with Gasteiger partial charge in [-0.1, -0.05) is 0 Å². The molecule has 1 aliphatic rings. The van der Waals surface area contributed by atoms with Crippen LogP contribution in [0.5, 0.6) is 0 Å². The molecule has 0 aliphatic carbocycles. The minimum absolute atomic E-state index is 0.0272. The van der Waals surface area contributed by atoms with E-state index in [0.29, 0.717) is 12.1 Å². The normalized spacial score (nSPS) is 23.2. The van der Waals surface area contributed by atoms with E-state index in [9.17, 15) is 22.4 Å². The summed E-state index contributed by atoms with van der Waals surface area (Å²) in [5.41, 5.74) is -1.52. The lowest BCUT2D eigenvalue weighted by Gasteiger charge is -2.39. The topological polar surface area (TPSA) is 20.3 Å². The smallest absolute Gasteiger partial charge is 0.333 e. The van der Waals surface area contributed by atoms with Crippen molar-refractivity contribution in [2.75, 3.05) is 0 Å². The molecule has 0 saturated carbocycles. The summed E-state index contributed by atoms with van der Waals surface area (Å²) in [6.07, 6.45) is -2.17. The highest BCUT2D eigenvalue weighted by Crippen LogP contribution is 2.33. The standard InChI is InChI=1S/C15H17F4NO/c1-9-4-3-5-10(2)20(9)14(21)11-6-7-13(16)12(8-11)15(17,18)19/h6-10H,3-5H2,1-2H3. The van der Waals surface area contributed by atoms with Gasteiger partial charge in [0.15, 0.2) is 0 Å². The Morgan fingerprint density at radius 1 is 1.19 bits per heavy atom. The van der Waals surface area contributed by atoms with Crippen LogP contribution in [0.3, 0.4) is 0 Å². The number of nitrogens with zero attached hydrogens (tertiary/aromatic N) is 1. The fourth-order valence-electron chi connectivity index (χ4n) is 2.85. The second-order valence-corrected chi connectivity index (χ2v) is 5.53. The number of amides is 1. The van der Waals surface area contributed by atoms with Crippen molar-refractivity contribution in [2.45, 2.75) is 51.4 Å². The van der Waals surface area contributed by atoms with E-state index < -0.39 is 23.5 Å². The van der Waals surface area contributed by atoms with Gasteiger partial charge in [0.1, 0.15) is 5.82 Å². The Morgan fingerprint density at radius 2 is 1.76 bits per heavy atom. The Bertz CT molecular complexity index is 531. The SMILES string of the molecule is CC1CCCC(C)N1C(=O)c1ccc(F)c(C(F)(F)F)c1. The second-order valence-electron chi connectivity index (χ2n) is 5.53. The zero-order chi connectivity index (χ0) is 15.8. The molecule has 0 radical (unpaired) electrons. The molecule has 1 amide bonds. The van der Waals surface area contributed by atoms with Crippen molar-refractivity contribution in [3.63, 3.8) is 0 Å². The lowest BCUT2D eigenvalue weighted by atomic mass is 9.96. The van der Waals surface area contributed by atoms with E-state index in [1.165, 1.54) is 0 Å². The van der Waals surface area contributed by atoms with Crippen LogP contribution in [0, 0.1) is 5.82 Å². The summed E-state index contributed by atoms with van der Waals surface area (Å²) in [5, 5.41) is 0. The fourth-order valence-corrected chi connectivity index (χ4v) is 2.85. The molecule has 2 nitrogen and oxygen atoms in total. The number of carbonyl (C=O) groups is 1. The van der Waals surface area contributed by atoms with Gasteiger partial charge in [-0.25, -0.2) is 4.39 Å². The average Bonchev–Trinajstić information content (AvgIpc) is 2.37. The van der Waals surface area contributed by atoms with Gasteiger partial charge in [-0.2, -0.15) is 13.2 Å². The third-order valence-corrected chi connectivity index (χ3v) is 3.95. The lowest BCUT2D eigenvalue weighted by molar-refractivity contribution is -0.140. The van der Waals surface area contributed by atoms with Crippen LogP contribution in [0.1, 0.15) is 49.0 Å². The largest absolute Gasteiger partial charge is 0.419 e. The third-order valence-electron chi connectivity index (χ3n) is 3.95. The van der Waals surface area contributed by atoms with E-state index in [0.717, 1.165) is 25.3 Å². The van der Waals surface area contributed by atoms with E-state index in [4.69, 9.17) is 0 Å². The van der Waals surface area contributed by atoms with Gasteiger partial charge in [0, 0.05) is 17.6 Å². The third kappa shape index (κ3) is 3.19. The molecule has 1 aromatic carbocycles. The second kappa shape index (κ2) is 5.66. The van der Waals surface area contributed by atoms with Crippen LogP contribution in [0.15, 0.2) is 18.2 Å². The van der Waals surface area contributed by atoms with Crippen molar-refractivity contribution in [3.05, 3.63) is 35.1 Å². The van der Waals surface area contributed by atoms with Gasteiger partial charge in [-0.15, -0.1) is 0 Å². The summed E-state index contributed by atoms with van der Waals surface area (Å²) in [6.45, 7) is 3.75. The Labute approximate surface area is 120 Å². The number of rotatable bonds is 1. The number of benzene rings is 1. The maximum Gasteiger partial charge on any atom is 0.419 e. The summed E-state index contributed by atoms with van der Waals surface area (Å²) in [5.74, 6) is -1.83. The predicted molar refractivity (Wildman–Crippen MR) is 70.3 cm³/mol. The highest BCUT2D eigenvalue weighted by molar-refractivity contribution is 5.95. The highest BCUT2D eigenvalue weighted by Gasteiger charge is 2.36. The number of carbonyl (C=O) groups excluding carboxylic acids is 1. The molecular weight excluding hydrogens is 286 g/mol. The van der Waals surface area contributed by atoms with Gasteiger partial charge in [-0.3, -0.25) is 4.79 Å². The van der Waals surface area contributed by atoms with Crippen molar-refractivity contribution < 1.29 is 22.4 Å². The quantitative estimate of drug-likeness (QED) is 0.710. The number of hydrogen-bond donors (Lipinski definition) is 0. The van der Waals surface area contributed by atoms with Crippen molar-refractivity contribution in [1.29, 1.82) is 0 Å². The molecule has 1 aliphatic heterocycles. The summed E-state index contributed by atoms with van der Waals surface area (Å²) in [7, 11) is 0. The molecule has 2 atom stereocenters. The van der Waals surface area contributed by atoms with E-state index in [2.05, 4.69) is 0 Å². The highest BCUT2D eigenvalue weighted by atomic mass is 19.4. The van der Waals surface area contributed by atoms with Crippen molar-refractivity contribution in [1.82, 2.24) is 4.90 Å². The molecule has 2 rings (SSSR count). The zero-order valence-corrected chi connectivity index (χ0v) is 11.9. The Balaban J connectivity index is 2.35. The predicted octanol–water partition coefficient (Wildman–Crippen LogP) is 4.25. The molecule has 0 aromatic heterocycles. The van der Waals surface area contributed by atoms with Gasteiger partial charge < -0.3 is 4.90 Å². The summed E-state index contributed by atoms with van der Waals surface area (Å²) in [4.78, 5) is 14.0. The van der Waals surface area contributed by atoms with Gasteiger partial charge in [0.25, 0.3) is 5.91 Å². The average molecular weight is 303 g/mol. The van der Waals surface area contributed by atoms with E-state index in [1.54, 1.807) is 4.90 Å². The van der Waals surface area contributed by atoms with Crippen molar-refractivity contribution in [3.8, 4) is 0 Å². The number of likely N-dealkylation sites (tertiary alicyclic amines) is 1. The molecule has 116 valence electrons. The lowest BCUT2D eigenvalue weighted by Crippen LogP contribution is -2.47. The maximum atomic E-state index is 13.3. The number of piperidine rings is 1. The van der Waals surface area contributed by atoms with Crippen LogP contribution < -0.4 is 0 Å². The van der Waals surface area contributed by atoms with Crippen LogP contribution >= 0.6 is 0 Å². The summed E-state index contributed by atoms with van der Waals surface area (Å²) in [6, 6.07) is 2.36. The van der Waals surface area contributed by atoms with Crippen LogP contribution in [0.2, 0.25) is 0 Å². The van der Waals surface area contributed by atoms with Crippen LogP contribution in [-0.4, -0.2) is 22.9 Å². The Morgan fingerprint density at radius 3 is 2.29 bits per heavy atom. The molecule has 0 spiro atoms. The minimum Gasteiger partial charge on any atom is -0.333 e. The van der Waals surface area contributed by atoms with Crippen molar-refractivity contribution >= 4 is 5.91 Å². The monoisotopic (exact) mass is 303 g/mol. The molecule has 0 bridgehead atoms. The number of hydrogen-bond acceptors (Lipinski definition) is 1. The molecule has 2 unspecified atom stereocenters.